The summed E-state index contributed by atoms with van der Waals surface area (Å²) in [6, 6.07) is 35.2. The summed E-state index contributed by atoms with van der Waals surface area (Å²) in [5, 5.41) is 7.16. The minimum atomic E-state index is -0.863. The molecule has 5 rings (SSSR count). The largest absolute Gasteiger partial charge is 0.366 e. The third-order valence-corrected chi connectivity index (χ3v) is 7.07. The molecule has 3 amide bonds. The van der Waals surface area contributed by atoms with E-state index in [9.17, 15) is 19.2 Å². The first kappa shape index (κ1) is 28.0. The van der Waals surface area contributed by atoms with Crippen molar-refractivity contribution in [1.29, 1.82) is 0 Å². The maximum absolute atomic E-state index is 13.3. The number of Topliss-reactive ketones (excluding diaryl/α,β-unsaturated/α-hetero) is 1. The van der Waals surface area contributed by atoms with E-state index in [2.05, 4.69) is 10.6 Å². The van der Waals surface area contributed by atoms with E-state index in [1.165, 1.54) is 0 Å². The molecular formula is C35H29N3O4. The smallest absolute Gasteiger partial charge is 0.251 e. The maximum atomic E-state index is 13.3. The van der Waals surface area contributed by atoms with Crippen LogP contribution < -0.4 is 16.4 Å². The van der Waals surface area contributed by atoms with Gasteiger partial charge in [0, 0.05) is 11.1 Å². The fourth-order valence-electron chi connectivity index (χ4n) is 4.90. The number of nitrogens with one attached hydrogen (secondary N) is 2. The summed E-state index contributed by atoms with van der Waals surface area (Å²) >= 11 is 0. The molecule has 42 heavy (non-hydrogen) atoms. The van der Waals surface area contributed by atoms with Crippen LogP contribution in [0.15, 0.2) is 121 Å². The fraction of sp³-hybridized carbons (Fsp3) is 0.0857. The molecule has 0 aliphatic carbocycles. The number of hydrogen-bond donors (Lipinski definition) is 3. The van der Waals surface area contributed by atoms with Crippen LogP contribution in [-0.4, -0.2) is 36.1 Å². The molecule has 0 aliphatic rings. The summed E-state index contributed by atoms with van der Waals surface area (Å²) in [4.78, 5) is 51.4. The molecule has 0 fully saturated rings. The van der Waals surface area contributed by atoms with E-state index in [1.54, 1.807) is 54.6 Å². The Morgan fingerprint density at radius 3 is 1.95 bits per heavy atom. The quantitative estimate of drug-likeness (QED) is 0.226. The molecular weight excluding hydrogens is 526 g/mol. The second kappa shape index (κ2) is 12.7. The summed E-state index contributed by atoms with van der Waals surface area (Å²) < 4.78 is 0. The van der Waals surface area contributed by atoms with Crippen LogP contribution in [0.2, 0.25) is 0 Å². The Morgan fingerprint density at radius 2 is 1.26 bits per heavy atom. The highest BCUT2D eigenvalue weighted by Crippen LogP contribution is 2.30. The molecule has 4 N–H and O–H groups in total. The number of hydrogen-bond acceptors (Lipinski definition) is 4. The molecule has 0 bridgehead atoms. The zero-order chi connectivity index (χ0) is 29.5. The number of nitrogens with two attached hydrogens (primary N) is 1. The van der Waals surface area contributed by atoms with Gasteiger partial charge in [0.15, 0.2) is 5.78 Å². The zero-order valence-electron chi connectivity index (χ0n) is 22.7. The van der Waals surface area contributed by atoms with Crippen molar-refractivity contribution in [3.05, 3.63) is 144 Å². The van der Waals surface area contributed by atoms with Crippen molar-refractivity contribution in [3.8, 4) is 11.1 Å². The number of carbonyl (C=O) groups is 4. The lowest BCUT2D eigenvalue weighted by Crippen LogP contribution is -2.46. The van der Waals surface area contributed by atoms with Gasteiger partial charge in [0.25, 0.3) is 11.8 Å². The molecule has 5 aromatic rings. The number of primary amides is 1. The first-order chi connectivity index (χ1) is 20.4. The van der Waals surface area contributed by atoms with Crippen LogP contribution in [0.1, 0.15) is 36.6 Å². The molecule has 208 valence electrons. The van der Waals surface area contributed by atoms with Gasteiger partial charge in [-0.2, -0.15) is 0 Å². The van der Waals surface area contributed by atoms with E-state index in [0.717, 1.165) is 21.9 Å². The van der Waals surface area contributed by atoms with E-state index in [0.29, 0.717) is 22.3 Å². The molecule has 0 saturated heterocycles. The second-order valence-electron chi connectivity index (χ2n) is 9.88. The van der Waals surface area contributed by atoms with E-state index in [1.807, 2.05) is 66.7 Å². The monoisotopic (exact) mass is 555 g/mol. The summed E-state index contributed by atoms with van der Waals surface area (Å²) in [5.74, 6) is -1.66. The van der Waals surface area contributed by atoms with Crippen LogP contribution in [0.3, 0.4) is 0 Å². The lowest BCUT2D eigenvalue weighted by atomic mass is 9.93. The summed E-state index contributed by atoms with van der Waals surface area (Å²) in [6.45, 7) is -0.234. The van der Waals surface area contributed by atoms with Gasteiger partial charge in [-0.15, -0.1) is 0 Å². The third-order valence-electron chi connectivity index (χ3n) is 7.07. The minimum Gasteiger partial charge on any atom is -0.366 e. The Labute approximate surface area is 243 Å². The topological polar surface area (TPSA) is 118 Å². The Hall–Kier alpha value is -5.56. The molecule has 0 unspecified atom stereocenters. The number of benzene rings is 5. The van der Waals surface area contributed by atoms with Crippen molar-refractivity contribution in [2.75, 3.05) is 6.54 Å². The second-order valence-corrected chi connectivity index (χ2v) is 9.88. The number of rotatable bonds is 10. The molecule has 0 radical (unpaired) electrons. The molecule has 0 aromatic heterocycles. The van der Waals surface area contributed by atoms with Crippen molar-refractivity contribution >= 4 is 34.3 Å². The highest BCUT2D eigenvalue weighted by Gasteiger charge is 2.23. The van der Waals surface area contributed by atoms with Crippen LogP contribution in [0, 0.1) is 0 Å². The first-order valence-electron chi connectivity index (χ1n) is 13.5. The van der Waals surface area contributed by atoms with Crippen LogP contribution in [0.5, 0.6) is 0 Å². The van der Waals surface area contributed by atoms with E-state index >= 15 is 0 Å². The number of amides is 3. The standard InChI is InChI=1S/C35H29N3O4/c36-33(40)32-28-14-8-7-11-24(28)19-20-29(32)25-15-17-27(18-16-25)35(42)38-30(21-23-9-3-1-4-10-23)31(39)22-37-34(41)26-12-5-2-6-13-26/h1-20,30H,21-22H2,(H2,36,40)(H,37,41)(H,38,42)/t30-/m0/s1. The highest BCUT2D eigenvalue weighted by atomic mass is 16.2. The Bertz CT molecular complexity index is 1750. The predicted molar refractivity (Wildman–Crippen MR) is 163 cm³/mol. The lowest BCUT2D eigenvalue weighted by molar-refractivity contribution is -0.119. The Morgan fingerprint density at radius 1 is 0.643 bits per heavy atom. The third kappa shape index (κ3) is 6.42. The van der Waals surface area contributed by atoms with Gasteiger partial charge < -0.3 is 16.4 Å². The summed E-state index contributed by atoms with van der Waals surface area (Å²) in [7, 11) is 0. The van der Waals surface area contributed by atoms with Crippen molar-refractivity contribution < 1.29 is 19.2 Å². The molecule has 0 saturated carbocycles. The van der Waals surface area contributed by atoms with E-state index in [-0.39, 0.29) is 24.7 Å². The van der Waals surface area contributed by atoms with Crippen LogP contribution >= 0.6 is 0 Å². The number of ketones is 1. The summed E-state index contributed by atoms with van der Waals surface area (Å²) in [5.41, 5.74) is 9.23. The zero-order valence-corrected chi connectivity index (χ0v) is 22.7. The molecule has 0 spiro atoms. The molecule has 5 aromatic carbocycles. The maximum Gasteiger partial charge on any atom is 0.251 e. The highest BCUT2D eigenvalue weighted by molar-refractivity contribution is 6.12. The van der Waals surface area contributed by atoms with Crippen molar-refractivity contribution in [2.24, 2.45) is 5.73 Å². The van der Waals surface area contributed by atoms with Gasteiger partial charge in [-0.1, -0.05) is 97.1 Å². The first-order valence-corrected chi connectivity index (χ1v) is 13.5. The van der Waals surface area contributed by atoms with Gasteiger partial charge in [0.05, 0.1) is 18.2 Å². The van der Waals surface area contributed by atoms with Crippen LogP contribution in [-0.2, 0) is 11.2 Å². The molecule has 7 heteroatoms. The van der Waals surface area contributed by atoms with Crippen molar-refractivity contribution in [3.63, 3.8) is 0 Å². The predicted octanol–water partition coefficient (Wildman–Crippen LogP) is 4.95. The lowest BCUT2D eigenvalue weighted by Gasteiger charge is -2.19. The minimum absolute atomic E-state index is 0.234. The average molecular weight is 556 g/mol. The number of fused-ring (bicyclic) bond motifs is 1. The molecule has 7 nitrogen and oxygen atoms in total. The molecule has 1 atom stereocenters. The molecule has 0 aliphatic heterocycles. The average Bonchev–Trinajstić information content (AvgIpc) is 3.03. The van der Waals surface area contributed by atoms with E-state index < -0.39 is 17.9 Å². The summed E-state index contributed by atoms with van der Waals surface area (Å²) in [6.07, 6.45) is 0.268. The van der Waals surface area contributed by atoms with E-state index in [4.69, 9.17) is 5.73 Å². The van der Waals surface area contributed by atoms with Crippen LogP contribution in [0.4, 0.5) is 0 Å². The number of carbonyl (C=O) groups excluding carboxylic acids is 4. The van der Waals surface area contributed by atoms with Gasteiger partial charge in [-0.3, -0.25) is 19.2 Å². The van der Waals surface area contributed by atoms with Crippen molar-refractivity contribution in [2.45, 2.75) is 12.5 Å². The van der Waals surface area contributed by atoms with Gasteiger partial charge in [-0.05, 0) is 58.1 Å². The van der Waals surface area contributed by atoms with Gasteiger partial charge >= 0.3 is 0 Å². The molecule has 0 heterocycles. The van der Waals surface area contributed by atoms with Crippen molar-refractivity contribution in [1.82, 2.24) is 10.6 Å². The Kier molecular flexibility index (Phi) is 8.49. The fourth-order valence-corrected chi connectivity index (χ4v) is 4.90. The van der Waals surface area contributed by atoms with Crippen LogP contribution in [0.25, 0.3) is 21.9 Å². The van der Waals surface area contributed by atoms with Gasteiger partial charge in [0.1, 0.15) is 0 Å². The van der Waals surface area contributed by atoms with Gasteiger partial charge in [-0.25, -0.2) is 0 Å². The van der Waals surface area contributed by atoms with Gasteiger partial charge in [0.2, 0.25) is 5.91 Å². The normalized spacial score (nSPS) is 11.4. The Balaban J connectivity index is 1.34. The SMILES string of the molecule is NC(=O)c1c(-c2ccc(C(=O)N[C@@H](Cc3ccccc3)C(=O)CNC(=O)c3ccccc3)cc2)ccc2ccccc12.